The Labute approximate surface area is 190 Å². The number of hydrogen-bond donors (Lipinski definition) is 0. The van der Waals surface area contributed by atoms with Crippen molar-refractivity contribution in [2.75, 3.05) is 19.0 Å². The van der Waals surface area contributed by atoms with E-state index in [1.807, 2.05) is 20.2 Å². The van der Waals surface area contributed by atoms with Gasteiger partial charge in [0, 0.05) is 36.9 Å². The van der Waals surface area contributed by atoms with Crippen LogP contribution in [-0.2, 0) is 0 Å². The number of rotatable bonds is 3. The Balaban J connectivity index is 1.64. The summed E-state index contributed by atoms with van der Waals surface area (Å²) in [7, 11) is 4.08. The number of aryl methyl sites for hydroxylation is 3. The number of aromatic nitrogens is 3. The van der Waals surface area contributed by atoms with Crippen LogP contribution in [0.25, 0.3) is 27.8 Å². The van der Waals surface area contributed by atoms with Crippen LogP contribution in [0.3, 0.4) is 0 Å². The van der Waals surface area contributed by atoms with Crippen LogP contribution in [0, 0.1) is 27.7 Å². The minimum atomic E-state index is -0.00380. The fraction of sp³-hybridized carbons (Fsp3) is 0.231. The third kappa shape index (κ3) is 3.14. The molecule has 0 fully saturated rings. The van der Waals surface area contributed by atoms with E-state index in [0.29, 0.717) is 4.53 Å². The molecule has 0 unspecified atom stereocenters. The average molecular weight is 443 g/mol. The van der Waals surface area contributed by atoms with Gasteiger partial charge in [0.15, 0.2) is 4.96 Å². The molecule has 0 radical (unpaired) electrons. The first-order valence-corrected chi connectivity index (χ1v) is 11.5. The Bertz CT molecular complexity index is 1600. The first-order chi connectivity index (χ1) is 15.2. The van der Waals surface area contributed by atoms with Gasteiger partial charge in [-0.1, -0.05) is 11.3 Å². The molecule has 0 atom stereocenters. The minimum absolute atomic E-state index is 0.00380. The van der Waals surface area contributed by atoms with E-state index in [1.165, 1.54) is 28.2 Å². The van der Waals surface area contributed by atoms with Gasteiger partial charge in [-0.05, 0) is 92.9 Å². The Kier molecular flexibility index (Phi) is 4.71. The summed E-state index contributed by atoms with van der Waals surface area (Å²) >= 11 is 1.45. The standard InChI is InChI=1S/C26H26N4OS/c1-15-11-22-23(12-16(15)2)30-25(31)24(32-26(30)27-22)14-19-13-17(3)29(18(19)4)21-9-7-20(8-10-21)28(5)6/h7-14H,1-6H3/b24-14-. The molecule has 0 aliphatic carbocycles. The molecule has 0 saturated heterocycles. The number of imidazole rings is 1. The van der Waals surface area contributed by atoms with E-state index in [-0.39, 0.29) is 5.56 Å². The van der Waals surface area contributed by atoms with E-state index < -0.39 is 0 Å². The van der Waals surface area contributed by atoms with Crippen molar-refractivity contribution in [3.63, 3.8) is 0 Å². The van der Waals surface area contributed by atoms with Crippen molar-refractivity contribution < 1.29 is 0 Å². The summed E-state index contributed by atoms with van der Waals surface area (Å²) in [4.78, 5) is 20.8. The zero-order valence-electron chi connectivity index (χ0n) is 19.2. The van der Waals surface area contributed by atoms with Crippen LogP contribution in [0.2, 0.25) is 0 Å². The van der Waals surface area contributed by atoms with Gasteiger partial charge < -0.3 is 9.47 Å². The third-order valence-corrected chi connectivity index (χ3v) is 7.20. The molecule has 0 spiro atoms. The Morgan fingerprint density at radius 2 is 1.66 bits per heavy atom. The number of benzene rings is 2. The maximum absolute atomic E-state index is 13.3. The molecule has 0 N–H and O–H groups in total. The van der Waals surface area contributed by atoms with Crippen molar-refractivity contribution in [1.82, 2.24) is 14.0 Å². The maximum Gasteiger partial charge on any atom is 0.274 e. The molecule has 162 valence electrons. The molecule has 0 aliphatic rings. The summed E-state index contributed by atoms with van der Waals surface area (Å²) < 4.78 is 4.68. The monoisotopic (exact) mass is 442 g/mol. The van der Waals surface area contributed by atoms with E-state index in [4.69, 9.17) is 4.98 Å². The van der Waals surface area contributed by atoms with Crippen LogP contribution < -0.4 is 15.0 Å². The number of anilines is 1. The van der Waals surface area contributed by atoms with Crippen LogP contribution in [0.15, 0.2) is 47.3 Å². The quantitative estimate of drug-likeness (QED) is 0.412. The molecule has 0 aliphatic heterocycles. The predicted molar refractivity (Wildman–Crippen MR) is 135 cm³/mol. The van der Waals surface area contributed by atoms with Gasteiger partial charge in [-0.15, -0.1) is 0 Å². The van der Waals surface area contributed by atoms with E-state index in [1.54, 1.807) is 4.40 Å². The second kappa shape index (κ2) is 7.35. The lowest BCUT2D eigenvalue weighted by molar-refractivity contribution is 0.963. The summed E-state index contributed by atoms with van der Waals surface area (Å²) in [5, 5.41) is 0. The van der Waals surface area contributed by atoms with Gasteiger partial charge >= 0.3 is 0 Å². The largest absolute Gasteiger partial charge is 0.378 e. The van der Waals surface area contributed by atoms with Gasteiger partial charge in [0.2, 0.25) is 0 Å². The zero-order chi connectivity index (χ0) is 22.7. The highest BCUT2D eigenvalue weighted by molar-refractivity contribution is 7.15. The second-order valence-electron chi connectivity index (χ2n) is 8.64. The second-order valence-corrected chi connectivity index (χ2v) is 9.65. The minimum Gasteiger partial charge on any atom is -0.378 e. The van der Waals surface area contributed by atoms with Crippen molar-refractivity contribution in [3.8, 4) is 5.69 Å². The predicted octanol–water partition coefficient (Wildman–Crippen LogP) is 4.55. The number of fused-ring (bicyclic) bond motifs is 3. The number of hydrogen-bond acceptors (Lipinski definition) is 4. The van der Waals surface area contributed by atoms with Crippen molar-refractivity contribution in [2.24, 2.45) is 0 Å². The molecule has 6 heteroatoms. The molecular formula is C26H26N4OS. The van der Waals surface area contributed by atoms with Gasteiger partial charge in [0.25, 0.3) is 5.56 Å². The zero-order valence-corrected chi connectivity index (χ0v) is 20.0. The average Bonchev–Trinajstić information content (AvgIpc) is 3.34. The highest BCUT2D eigenvalue weighted by Gasteiger charge is 2.14. The summed E-state index contributed by atoms with van der Waals surface area (Å²) in [6.07, 6.45) is 2.00. The molecular weight excluding hydrogens is 416 g/mol. The highest BCUT2D eigenvalue weighted by Crippen LogP contribution is 2.24. The van der Waals surface area contributed by atoms with E-state index >= 15 is 0 Å². The van der Waals surface area contributed by atoms with Gasteiger partial charge in [-0.3, -0.25) is 4.79 Å². The molecule has 0 bridgehead atoms. The van der Waals surface area contributed by atoms with Crippen LogP contribution >= 0.6 is 11.3 Å². The fourth-order valence-electron chi connectivity index (χ4n) is 4.29. The van der Waals surface area contributed by atoms with Gasteiger partial charge in [-0.2, -0.15) is 0 Å². The molecule has 5 rings (SSSR count). The molecule has 5 aromatic rings. The Morgan fingerprint density at radius 3 is 2.34 bits per heavy atom. The molecule has 0 saturated carbocycles. The fourth-order valence-corrected chi connectivity index (χ4v) is 5.27. The van der Waals surface area contributed by atoms with E-state index in [2.05, 4.69) is 79.6 Å². The van der Waals surface area contributed by atoms with E-state index in [9.17, 15) is 4.79 Å². The van der Waals surface area contributed by atoms with Crippen LogP contribution in [-0.4, -0.2) is 28.0 Å². The van der Waals surface area contributed by atoms with Crippen molar-refractivity contribution in [1.29, 1.82) is 0 Å². The van der Waals surface area contributed by atoms with Crippen LogP contribution in [0.4, 0.5) is 5.69 Å². The lowest BCUT2D eigenvalue weighted by Crippen LogP contribution is -2.22. The molecule has 3 aromatic heterocycles. The first kappa shape index (κ1) is 20.5. The molecule has 32 heavy (non-hydrogen) atoms. The van der Waals surface area contributed by atoms with Gasteiger partial charge in [-0.25, -0.2) is 9.38 Å². The Morgan fingerprint density at radius 1 is 0.969 bits per heavy atom. The third-order valence-electron chi connectivity index (χ3n) is 6.24. The summed E-state index contributed by atoms with van der Waals surface area (Å²) in [6, 6.07) is 14.8. The highest BCUT2D eigenvalue weighted by atomic mass is 32.1. The lowest BCUT2D eigenvalue weighted by Gasteiger charge is -2.14. The van der Waals surface area contributed by atoms with E-state index in [0.717, 1.165) is 38.6 Å². The van der Waals surface area contributed by atoms with Crippen molar-refractivity contribution in [3.05, 3.63) is 85.4 Å². The number of thiazole rings is 1. The van der Waals surface area contributed by atoms with Crippen LogP contribution in [0.1, 0.15) is 28.1 Å². The topological polar surface area (TPSA) is 42.5 Å². The molecule has 5 nitrogen and oxygen atoms in total. The molecule has 3 heterocycles. The molecule has 2 aromatic carbocycles. The summed E-state index contributed by atoms with van der Waals surface area (Å²) in [6.45, 7) is 8.34. The first-order valence-electron chi connectivity index (χ1n) is 10.7. The van der Waals surface area contributed by atoms with Crippen molar-refractivity contribution >= 4 is 39.1 Å². The number of nitrogens with zero attached hydrogens (tertiary/aromatic N) is 4. The van der Waals surface area contributed by atoms with Gasteiger partial charge in [0.1, 0.15) is 0 Å². The SMILES string of the molecule is Cc1cc2nc3s/c(=C\c4cc(C)n(-c5ccc(N(C)C)cc5)c4C)c(=O)n3c2cc1C. The summed E-state index contributed by atoms with van der Waals surface area (Å²) in [5.74, 6) is 0. The maximum atomic E-state index is 13.3. The summed E-state index contributed by atoms with van der Waals surface area (Å²) in [5.41, 5.74) is 9.70. The normalized spacial score (nSPS) is 12.4. The Hall–Kier alpha value is -3.38. The lowest BCUT2D eigenvalue weighted by atomic mass is 10.1. The molecule has 0 amide bonds. The van der Waals surface area contributed by atoms with Crippen molar-refractivity contribution in [2.45, 2.75) is 27.7 Å². The van der Waals surface area contributed by atoms with Gasteiger partial charge in [0.05, 0.1) is 15.6 Å². The van der Waals surface area contributed by atoms with Crippen LogP contribution in [0.5, 0.6) is 0 Å². The smallest absolute Gasteiger partial charge is 0.274 e.